The van der Waals surface area contributed by atoms with Crippen molar-refractivity contribution in [2.75, 3.05) is 0 Å². The normalized spacial score (nSPS) is 10.5. The Morgan fingerprint density at radius 1 is 1.32 bits per heavy atom. The number of hydrogen-bond donors (Lipinski definition) is 1. The third-order valence-electron chi connectivity index (χ3n) is 2.48. The number of benzene rings is 1. The van der Waals surface area contributed by atoms with E-state index >= 15 is 0 Å². The maximum absolute atomic E-state index is 10.5. The molecule has 1 aromatic carbocycles. The minimum atomic E-state index is -0.798. The molecule has 19 heavy (non-hydrogen) atoms. The van der Waals surface area contributed by atoms with E-state index in [1.165, 1.54) is 0 Å². The third kappa shape index (κ3) is 4.36. The van der Waals surface area contributed by atoms with Crippen molar-refractivity contribution in [3.05, 3.63) is 36.2 Å². The van der Waals surface area contributed by atoms with Crippen molar-refractivity contribution < 1.29 is 9.90 Å². The van der Waals surface area contributed by atoms with Gasteiger partial charge in [0.15, 0.2) is 5.82 Å². The number of rotatable bonds is 7. The van der Waals surface area contributed by atoms with Crippen LogP contribution in [0.3, 0.4) is 0 Å². The molecule has 0 aliphatic rings. The second-order valence-corrected chi connectivity index (χ2v) is 4.97. The van der Waals surface area contributed by atoms with Gasteiger partial charge in [0.2, 0.25) is 0 Å². The summed E-state index contributed by atoms with van der Waals surface area (Å²) in [5.74, 6) is 0.636. The molecule has 7 heteroatoms. The molecule has 0 unspecified atom stereocenters. The highest BCUT2D eigenvalue weighted by atomic mass is 32.2. The van der Waals surface area contributed by atoms with Crippen molar-refractivity contribution in [3.63, 3.8) is 0 Å². The van der Waals surface area contributed by atoms with Crippen molar-refractivity contribution in [1.29, 1.82) is 0 Å². The van der Waals surface area contributed by atoms with Gasteiger partial charge >= 0.3 is 5.97 Å². The van der Waals surface area contributed by atoms with Crippen molar-refractivity contribution in [1.82, 2.24) is 20.2 Å². The Balaban J connectivity index is 1.87. The van der Waals surface area contributed by atoms with Crippen LogP contribution in [-0.2, 0) is 17.1 Å². The lowest BCUT2D eigenvalue weighted by molar-refractivity contribution is -0.137. The van der Waals surface area contributed by atoms with Crippen LogP contribution in [0.1, 0.15) is 18.7 Å². The standard InChI is InChI=1S/C12H14N4O2S/c17-12(18)7-4-8-16-11(13-14-15-16)9-19-10-5-2-1-3-6-10/h1-3,5-6H,4,7-9H2,(H,17,18). The summed E-state index contributed by atoms with van der Waals surface area (Å²) in [4.78, 5) is 11.6. The predicted molar refractivity (Wildman–Crippen MR) is 70.7 cm³/mol. The van der Waals surface area contributed by atoms with Gasteiger partial charge in [-0.2, -0.15) is 0 Å². The predicted octanol–water partition coefficient (Wildman–Crippen LogP) is 1.83. The molecule has 0 fully saturated rings. The zero-order valence-electron chi connectivity index (χ0n) is 10.3. The van der Waals surface area contributed by atoms with Gasteiger partial charge < -0.3 is 5.11 Å². The first-order chi connectivity index (χ1) is 9.25. The van der Waals surface area contributed by atoms with Gasteiger partial charge in [0.25, 0.3) is 0 Å². The molecule has 1 N–H and O–H groups in total. The Morgan fingerprint density at radius 3 is 2.84 bits per heavy atom. The first-order valence-corrected chi connectivity index (χ1v) is 6.89. The Bertz CT molecular complexity index is 530. The second-order valence-electron chi connectivity index (χ2n) is 3.92. The topological polar surface area (TPSA) is 80.9 Å². The fourth-order valence-electron chi connectivity index (χ4n) is 1.54. The fraction of sp³-hybridized carbons (Fsp3) is 0.333. The molecule has 1 heterocycles. The van der Waals surface area contributed by atoms with E-state index in [9.17, 15) is 4.79 Å². The van der Waals surface area contributed by atoms with Crippen molar-refractivity contribution in [2.24, 2.45) is 0 Å². The smallest absolute Gasteiger partial charge is 0.303 e. The summed E-state index contributed by atoms with van der Waals surface area (Å²) in [6, 6.07) is 10.0. The molecule has 1 aromatic heterocycles. The van der Waals surface area contributed by atoms with E-state index in [4.69, 9.17) is 5.11 Å². The summed E-state index contributed by atoms with van der Waals surface area (Å²) in [6.07, 6.45) is 0.661. The number of aliphatic carboxylic acids is 1. The van der Waals surface area contributed by atoms with Crippen LogP contribution in [-0.4, -0.2) is 31.3 Å². The van der Waals surface area contributed by atoms with Gasteiger partial charge in [0.1, 0.15) is 0 Å². The molecule has 0 atom stereocenters. The van der Waals surface area contributed by atoms with E-state index in [0.717, 1.165) is 10.7 Å². The van der Waals surface area contributed by atoms with Crippen molar-refractivity contribution in [2.45, 2.75) is 30.0 Å². The largest absolute Gasteiger partial charge is 0.481 e. The number of tetrazole rings is 1. The monoisotopic (exact) mass is 278 g/mol. The van der Waals surface area contributed by atoms with Gasteiger partial charge in [-0.3, -0.25) is 4.79 Å². The van der Waals surface area contributed by atoms with E-state index in [-0.39, 0.29) is 6.42 Å². The summed E-state index contributed by atoms with van der Waals surface area (Å²) in [5.41, 5.74) is 0. The van der Waals surface area contributed by atoms with Gasteiger partial charge in [-0.05, 0) is 29.0 Å². The fourth-order valence-corrected chi connectivity index (χ4v) is 2.40. The highest BCUT2D eigenvalue weighted by Gasteiger charge is 2.07. The molecule has 0 radical (unpaired) electrons. The Hall–Kier alpha value is -1.89. The summed E-state index contributed by atoms with van der Waals surface area (Å²) in [6.45, 7) is 0.532. The highest BCUT2D eigenvalue weighted by Crippen LogP contribution is 2.20. The van der Waals surface area contributed by atoms with E-state index in [0.29, 0.717) is 18.7 Å². The zero-order valence-corrected chi connectivity index (χ0v) is 11.1. The molecule has 0 saturated carbocycles. The van der Waals surface area contributed by atoms with Crippen LogP contribution in [0.4, 0.5) is 0 Å². The molecule has 2 aromatic rings. The minimum Gasteiger partial charge on any atom is -0.481 e. The Labute approximate surface area is 114 Å². The lowest BCUT2D eigenvalue weighted by Gasteiger charge is -2.03. The minimum absolute atomic E-state index is 0.130. The SMILES string of the molecule is O=C(O)CCCn1nnnc1CSc1ccccc1. The maximum Gasteiger partial charge on any atom is 0.303 e. The quantitative estimate of drug-likeness (QED) is 0.778. The first kappa shape index (κ1) is 13.5. The van der Waals surface area contributed by atoms with E-state index in [1.807, 2.05) is 30.3 Å². The number of hydrogen-bond acceptors (Lipinski definition) is 5. The Kier molecular flexibility index (Phi) is 4.91. The molecule has 6 nitrogen and oxygen atoms in total. The number of carboxylic acid groups (broad SMARTS) is 1. The molecule has 0 bridgehead atoms. The van der Waals surface area contributed by atoms with Gasteiger partial charge in [-0.15, -0.1) is 16.9 Å². The molecule has 100 valence electrons. The van der Waals surface area contributed by atoms with Crippen LogP contribution in [0.5, 0.6) is 0 Å². The van der Waals surface area contributed by atoms with Gasteiger partial charge in [0, 0.05) is 17.9 Å². The van der Waals surface area contributed by atoms with Crippen LogP contribution in [0, 0.1) is 0 Å². The van der Waals surface area contributed by atoms with Gasteiger partial charge in [-0.1, -0.05) is 18.2 Å². The lowest BCUT2D eigenvalue weighted by atomic mass is 10.3. The highest BCUT2D eigenvalue weighted by molar-refractivity contribution is 7.98. The molecule has 2 rings (SSSR count). The molecule has 0 aliphatic heterocycles. The number of carboxylic acids is 1. The summed E-state index contributed by atoms with van der Waals surface area (Å²) < 4.78 is 1.67. The third-order valence-corrected chi connectivity index (χ3v) is 3.49. The average Bonchev–Trinajstić information content (AvgIpc) is 2.85. The Morgan fingerprint density at radius 2 is 2.11 bits per heavy atom. The van der Waals surface area contributed by atoms with Crippen LogP contribution < -0.4 is 0 Å². The van der Waals surface area contributed by atoms with Crippen LogP contribution in [0.15, 0.2) is 35.2 Å². The van der Waals surface area contributed by atoms with Crippen LogP contribution in [0.25, 0.3) is 0 Å². The lowest BCUT2D eigenvalue weighted by Crippen LogP contribution is -2.07. The molecular weight excluding hydrogens is 264 g/mol. The number of nitrogens with zero attached hydrogens (tertiary/aromatic N) is 4. The first-order valence-electron chi connectivity index (χ1n) is 5.90. The van der Waals surface area contributed by atoms with Gasteiger partial charge in [-0.25, -0.2) is 4.68 Å². The second kappa shape index (κ2) is 6.89. The molecular formula is C12H14N4O2S. The van der Waals surface area contributed by atoms with E-state index in [1.54, 1.807) is 16.4 Å². The molecule has 0 amide bonds. The van der Waals surface area contributed by atoms with E-state index < -0.39 is 5.97 Å². The molecule has 0 spiro atoms. The van der Waals surface area contributed by atoms with Gasteiger partial charge in [0.05, 0.1) is 5.75 Å². The van der Waals surface area contributed by atoms with Crippen molar-refractivity contribution in [3.8, 4) is 0 Å². The number of carbonyl (C=O) groups is 1. The summed E-state index contributed by atoms with van der Waals surface area (Å²) in [7, 11) is 0. The van der Waals surface area contributed by atoms with Crippen LogP contribution >= 0.6 is 11.8 Å². The zero-order chi connectivity index (χ0) is 13.5. The van der Waals surface area contributed by atoms with E-state index in [2.05, 4.69) is 15.5 Å². The molecule has 0 saturated heterocycles. The van der Waals surface area contributed by atoms with Crippen LogP contribution in [0.2, 0.25) is 0 Å². The molecule has 0 aliphatic carbocycles. The van der Waals surface area contributed by atoms with Crippen molar-refractivity contribution >= 4 is 17.7 Å². The number of thioether (sulfide) groups is 1. The maximum atomic E-state index is 10.5. The summed E-state index contributed by atoms with van der Waals surface area (Å²) in [5, 5.41) is 20.1. The summed E-state index contributed by atoms with van der Waals surface area (Å²) >= 11 is 1.65. The average molecular weight is 278 g/mol. The number of aryl methyl sites for hydroxylation is 1. The number of aromatic nitrogens is 4.